The fraction of sp³-hybridized carbons (Fsp3) is 0.393. The summed E-state index contributed by atoms with van der Waals surface area (Å²) in [6.07, 6.45) is 5.19. The van der Waals surface area contributed by atoms with Crippen LogP contribution in [0.5, 0.6) is 11.5 Å². The first-order valence-corrected chi connectivity index (χ1v) is 13.8. The lowest BCUT2D eigenvalue weighted by Crippen LogP contribution is -2.43. The number of rotatable bonds is 5. The minimum atomic E-state index is -0.638. The number of β-amino-alcohol motifs (C(OH)–C–C–N with tert-alkyl or cyclic N) is 1. The predicted octanol–water partition coefficient (Wildman–Crippen LogP) is 4.24. The van der Waals surface area contributed by atoms with Crippen molar-refractivity contribution in [3.8, 4) is 11.5 Å². The number of amides is 2. The third-order valence-electron chi connectivity index (χ3n) is 7.04. The van der Waals surface area contributed by atoms with Crippen LogP contribution >= 0.6 is 11.8 Å². The zero-order chi connectivity index (χ0) is 27.0. The molecular formula is C28H32N4O5S. The minimum absolute atomic E-state index is 0.0738. The number of aryl methyl sites for hydroxylation is 3. The molecule has 1 aromatic carbocycles. The Hall–Kier alpha value is -3.50. The Morgan fingerprint density at radius 2 is 2.08 bits per heavy atom. The Kier molecular flexibility index (Phi) is 7.11. The van der Waals surface area contributed by atoms with Gasteiger partial charge in [0.25, 0.3) is 5.91 Å². The minimum Gasteiger partial charge on any atom is -0.460 e. The normalized spacial score (nSPS) is 19.2. The van der Waals surface area contributed by atoms with Gasteiger partial charge in [0.15, 0.2) is 5.75 Å². The van der Waals surface area contributed by atoms with Crippen LogP contribution in [0, 0.1) is 20.8 Å². The van der Waals surface area contributed by atoms with E-state index in [0.29, 0.717) is 42.2 Å². The Morgan fingerprint density at radius 1 is 1.29 bits per heavy atom. The number of fused-ring (bicyclic) bond motifs is 2. The van der Waals surface area contributed by atoms with Crippen LogP contribution < -0.4 is 10.1 Å². The second-order valence-corrected chi connectivity index (χ2v) is 11.3. The molecule has 0 radical (unpaired) electrons. The van der Waals surface area contributed by atoms with E-state index in [4.69, 9.17) is 9.15 Å². The van der Waals surface area contributed by atoms with Crippen molar-refractivity contribution < 1.29 is 23.8 Å². The molecule has 2 N–H and O–H groups in total. The van der Waals surface area contributed by atoms with Gasteiger partial charge in [-0.25, -0.2) is 4.52 Å². The lowest BCUT2D eigenvalue weighted by atomic mass is 10.1. The van der Waals surface area contributed by atoms with Crippen LogP contribution in [0.3, 0.4) is 0 Å². The second kappa shape index (κ2) is 10.3. The van der Waals surface area contributed by atoms with E-state index in [-0.39, 0.29) is 11.9 Å². The molecule has 1 unspecified atom stereocenters. The maximum Gasteiger partial charge on any atom is 0.255 e. The molecule has 0 saturated carbocycles. The summed E-state index contributed by atoms with van der Waals surface area (Å²) < 4.78 is 13.9. The van der Waals surface area contributed by atoms with Crippen LogP contribution in [0.1, 0.15) is 40.6 Å². The number of hydrogen-bond donors (Lipinski definition) is 2. The van der Waals surface area contributed by atoms with Gasteiger partial charge in [0.1, 0.15) is 22.6 Å². The molecule has 38 heavy (non-hydrogen) atoms. The van der Waals surface area contributed by atoms with Crippen molar-refractivity contribution in [2.24, 2.45) is 0 Å². The number of likely N-dealkylation sites (tertiary alicyclic amines) is 1. The van der Waals surface area contributed by atoms with E-state index in [1.165, 1.54) is 0 Å². The summed E-state index contributed by atoms with van der Waals surface area (Å²) in [6, 6.07) is 7.70. The van der Waals surface area contributed by atoms with E-state index >= 15 is 0 Å². The van der Waals surface area contributed by atoms with Crippen LogP contribution in [0.15, 0.2) is 41.1 Å². The first-order chi connectivity index (χ1) is 18.1. The van der Waals surface area contributed by atoms with Gasteiger partial charge in [0.05, 0.1) is 17.4 Å². The lowest BCUT2D eigenvalue weighted by Gasteiger charge is -2.25. The number of carbonyl (C=O) groups is 2. The maximum absolute atomic E-state index is 12.7. The highest BCUT2D eigenvalue weighted by Gasteiger charge is 2.30. The van der Waals surface area contributed by atoms with Gasteiger partial charge >= 0.3 is 0 Å². The van der Waals surface area contributed by atoms with E-state index < -0.39 is 5.60 Å². The van der Waals surface area contributed by atoms with Crippen molar-refractivity contribution >= 4 is 40.6 Å². The molecule has 200 valence electrons. The topological polar surface area (TPSA) is 109 Å². The summed E-state index contributed by atoms with van der Waals surface area (Å²) in [5.41, 5.74) is 3.84. The molecule has 2 fully saturated rings. The molecule has 2 aliphatic heterocycles. The Bertz CT molecular complexity index is 1500. The summed E-state index contributed by atoms with van der Waals surface area (Å²) in [5, 5.41) is 17.5. The van der Waals surface area contributed by atoms with Gasteiger partial charge in [-0.05, 0) is 57.4 Å². The molecular weight excluding hydrogens is 504 g/mol. The summed E-state index contributed by atoms with van der Waals surface area (Å²) in [7, 11) is 0. The van der Waals surface area contributed by atoms with E-state index in [2.05, 4.69) is 24.3 Å². The van der Waals surface area contributed by atoms with Gasteiger partial charge in [-0.15, -0.1) is 0 Å². The van der Waals surface area contributed by atoms with Crippen molar-refractivity contribution in [2.75, 3.05) is 24.6 Å². The van der Waals surface area contributed by atoms with Gasteiger partial charge in [-0.1, -0.05) is 0 Å². The maximum atomic E-state index is 12.7. The van der Waals surface area contributed by atoms with E-state index in [1.54, 1.807) is 18.0 Å². The van der Waals surface area contributed by atoms with Crippen molar-refractivity contribution in [3.05, 3.63) is 59.1 Å². The van der Waals surface area contributed by atoms with Gasteiger partial charge < -0.3 is 24.5 Å². The third kappa shape index (κ3) is 5.23. The number of furan rings is 1. The number of carbonyl (C=O) groups excluding carboxylic acids is 2. The van der Waals surface area contributed by atoms with Gasteiger partial charge in [-0.2, -0.15) is 16.9 Å². The highest BCUT2D eigenvalue weighted by Crippen LogP contribution is 2.34. The zero-order valence-electron chi connectivity index (χ0n) is 22.0. The number of benzene rings is 1. The van der Waals surface area contributed by atoms with Crippen LogP contribution in [-0.4, -0.2) is 68.2 Å². The molecule has 9 nitrogen and oxygen atoms in total. The zero-order valence-corrected chi connectivity index (χ0v) is 22.8. The molecule has 2 saturated heterocycles. The molecule has 2 amide bonds. The molecule has 2 aliphatic rings. The van der Waals surface area contributed by atoms with Crippen molar-refractivity contribution in [1.29, 1.82) is 0 Å². The first kappa shape index (κ1) is 26.1. The Morgan fingerprint density at radius 3 is 2.71 bits per heavy atom. The predicted molar refractivity (Wildman–Crippen MR) is 147 cm³/mol. The summed E-state index contributed by atoms with van der Waals surface area (Å²) in [5.74, 6) is 3.87. The van der Waals surface area contributed by atoms with E-state index in [1.807, 2.05) is 53.7 Å². The van der Waals surface area contributed by atoms with Crippen LogP contribution in [0.4, 0.5) is 0 Å². The molecule has 3 aromatic heterocycles. The number of hydrogen-bond acceptors (Lipinski definition) is 7. The molecule has 0 bridgehead atoms. The highest BCUT2D eigenvalue weighted by molar-refractivity contribution is 8.00. The number of thioether (sulfide) groups is 1. The molecule has 5 heterocycles. The number of nitrogens with one attached hydrogen (secondary N) is 1. The highest BCUT2D eigenvalue weighted by atomic mass is 32.2. The van der Waals surface area contributed by atoms with Gasteiger partial charge in [0.2, 0.25) is 6.41 Å². The number of aromatic nitrogens is 2. The van der Waals surface area contributed by atoms with Crippen molar-refractivity contribution in [1.82, 2.24) is 19.8 Å². The molecule has 1 atom stereocenters. The number of aliphatic hydroxyl groups is 1. The monoisotopic (exact) mass is 536 g/mol. The van der Waals surface area contributed by atoms with Crippen LogP contribution in [0.25, 0.3) is 16.5 Å². The summed E-state index contributed by atoms with van der Waals surface area (Å²) >= 11 is 1.84. The smallest absolute Gasteiger partial charge is 0.255 e. The summed E-state index contributed by atoms with van der Waals surface area (Å²) in [4.78, 5) is 24.4. The fourth-order valence-corrected chi connectivity index (χ4v) is 5.38. The van der Waals surface area contributed by atoms with Crippen molar-refractivity contribution in [2.45, 2.75) is 45.8 Å². The average molecular weight is 537 g/mol. The molecule has 0 spiro atoms. The fourth-order valence-electron chi connectivity index (χ4n) is 4.74. The lowest BCUT2D eigenvalue weighted by molar-refractivity contribution is -0.118. The standard InChI is InChI=1S/C22H21N3O3S.C6H11NO2/c1-12-9-25-21(13(12)2)18(6-7-23-25)28-16-4-5-17-19(8-16)27-14(3)20(17)22(26)24-15-10-29-11-15;1-6(9)2-3-7(4-6)5-8/h4-9,15H,10-11H2,1-3H3,(H,24,26);5,9H,2-4H2,1H3. The van der Waals surface area contributed by atoms with Crippen molar-refractivity contribution in [3.63, 3.8) is 0 Å². The van der Waals surface area contributed by atoms with Gasteiger partial charge in [0, 0.05) is 54.4 Å². The Labute approximate surface area is 225 Å². The number of ether oxygens (including phenoxy) is 1. The first-order valence-electron chi connectivity index (χ1n) is 12.6. The largest absolute Gasteiger partial charge is 0.460 e. The van der Waals surface area contributed by atoms with Crippen LogP contribution in [0.2, 0.25) is 0 Å². The van der Waals surface area contributed by atoms with E-state index in [0.717, 1.165) is 45.7 Å². The SMILES string of the molecule is CC1(O)CCN(C=O)C1.Cc1cn2nccc(Oc3ccc4c(C(=O)NC5CSC5)c(C)oc4c3)c2c1C. The van der Waals surface area contributed by atoms with Crippen LogP contribution in [-0.2, 0) is 4.79 Å². The summed E-state index contributed by atoms with van der Waals surface area (Å²) in [6.45, 7) is 8.86. The third-order valence-corrected chi connectivity index (χ3v) is 8.31. The molecule has 6 rings (SSSR count). The number of nitrogens with zero attached hydrogens (tertiary/aromatic N) is 3. The van der Waals surface area contributed by atoms with Gasteiger partial charge in [-0.3, -0.25) is 9.59 Å². The Balaban J connectivity index is 0.000000278. The molecule has 10 heteroatoms. The quantitative estimate of drug-likeness (QED) is 0.367. The molecule has 0 aliphatic carbocycles. The second-order valence-electron chi connectivity index (χ2n) is 10.2. The average Bonchev–Trinajstić information content (AvgIpc) is 3.48. The molecule has 4 aromatic rings. The van der Waals surface area contributed by atoms with E-state index in [9.17, 15) is 14.7 Å².